The van der Waals surface area contributed by atoms with Gasteiger partial charge in [-0.25, -0.2) is 0 Å². The molecular formula is C12H15N3O2. The molecule has 0 heterocycles. The average Bonchev–Trinajstić information content (AvgIpc) is 2.34. The lowest BCUT2D eigenvalue weighted by Crippen LogP contribution is -2.29. The van der Waals surface area contributed by atoms with Gasteiger partial charge in [0.05, 0.1) is 24.8 Å². The fourth-order valence-electron chi connectivity index (χ4n) is 1.22. The maximum absolute atomic E-state index is 10.4. The normalized spacial score (nSPS) is 9.59. The number of nitriles is 1. The smallest absolute Gasteiger partial charge is 0.231 e. The maximum atomic E-state index is 10.4. The Labute approximate surface area is 100 Å². The van der Waals surface area contributed by atoms with Gasteiger partial charge in [0.25, 0.3) is 0 Å². The van der Waals surface area contributed by atoms with Gasteiger partial charge in [-0.2, -0.15) is 5.26 Å². The second-order valence-corrected chi connectivity index (χ2v) is 3.48. The molecule has 0 saturated heterocycles. The van der Waals surface area contributed by atoms with E-state index in [1.807, 2.05) is 6.07 Å². The third-order valence-corrected chi connectivity index (χ3v) is 2.05. The molecule has 0 spiro atoms. The molecule has 90 valence electrons. The average molecular weight is 233 g/mol. The van der Waals surface area contributed by atoms with E-state index in [1.165, 1.54) is 0 Å². The van der Waals surface area contributed by atoms with Crippen LogP contribution in [0.25, 0.3) is 0 Å². The van der Waals surface area contributed by atoms with Gasteiger partial charge in [0.1, 0.15) is 5.75 Å². The van der Waals surface area contributed by atoms with Gasteiger partial charge in [0.15, 0.2) is 0 Å². The highest BCUT2D eigenvalue weighted by atomic mass is 16.5. The molecule has 0 bridgehead atoms. The number of amides is 1. The predicted octanol–water partition coefficient (Wildman–Crippen LogP) is 0.402. The van der Waals surface area contributed by atoms with Crippen molar-refractivity contribution in [3.63, 3.8) is 0 Å². The highest BCUT2D eigenvalue weighted by Crippen LogP contribution is 2.11. The second kappa shape index (κ2) is 7.25. The van der Waals surface area contributed by atoms with E-state index in [0.29, 0.717) is 18.7 Å². The van der Waals surface area contributed by atoms with Crippen molar-refractivity contribution in [3.8, 4) is 11.8 Å². The molecule has 0 aliphatic heterocycles. The minimum absolute atomic E-state index is 0.191. The summed E-state index contributed by atoms with van der Waals surface area (Å²) in [5.74, 6) is 0.372. The minimum Gasteiger partial charge on any atom is -0.494 e. The molecule has 0 aliphatic rings. The number of nitrogens with two attached hydrogens (primary N) is 1. The molecule has 3 N–H and O–H groups in total. The van der Waals surface area contributed by atoms with Gasteiger partial charge in [-0.3, -0.25) is 4.79 Å². The summed E-state index contributed by atoms with van der Waals surface area (Å²) in [4.78, 5) is 10.4. The molecule has 0 atom stereocenters. The number of carbonyl (C=O) groups is 1. The van der Waals surface area contributed by atoms with E-state index >= 15 is 0 Å². The van der Waals surface area contributed by atoms with Gasteiger partial charge in [-0.15, -0.1) is 0 Å². The molecule has 1 aromatic carbocycles. The van der Waals surface area contributed by atoms with Crippen LogP contribution in [-0.4, -0.2) is 25.6 Å². The Kier molecular flexibility index (Phi) is 5.55. The lowest BCUT2D eigenvalue weighted by atomic mass is 10.2. The van der Waals surface area contributed by atoms with Crippen LogP contribution in [0.1, 0.15) is 12.0 Å². The fourth-order valence-corrected chi connectivity index (χ4v) is 1.22. The third kappa shape index (κ3) is 5.54. The van der Waals surface area contributed by atoms with E-state index in [2.05, 4.69) is 5.32 Å². The second-order valence-electron chi connectivity index (χ2n) is 3.48. The summed E-state index contributed by atoms with van der Waals surface area (Å²) in [6.07, 6.45) is 0.785. The summed E-state index contributed by atoms with van der Waals surface area (Å²) in [5, 5.41) is 11.5. The van der Waals surface area contributed by atoms with Crippen LogP contribution >= 0.6 is 0 Å². The van der Waals surface area contributed by atoms with Crippen LogP contribution in [0.2, 0.25) is 0 Å². The van der Waals surface area contributed by atoms with Crippen molar-refractivity contribution >= 4 is 5.91 Å². The fraction of sp³-hybridized carbons (Fsp3) is 0.333. The van der Waals surface area contributed by atoms with Crippen LogP contribution in [0.5, 0.6) is 5.75 Å². The lowest BCUT2D eigenvalue weighted by Gasteiger charge is -2.06. The Bertz CT molecular complexity index is 395. The molecule has 1 aromatic rings. The highest BCUT2D eigenvalue weighted by molar-refractivity contribution is 5.75. The molecule has 17 heavy (non-hydrogen) atoms. The summed E-state index contributed by atoms with van der Waals surface area (Å²) in [5.41, 5.74) is 5.58. The Hall–Kier alpha value is -2.06. The van der Waals surface area contributed by atoms with Crippen LogP contribution in [-0.2, 0) is 4.79 Å². The molecule has 0 unspecified atom stereocenters. The number of benzene rings is 1. The summed E-state index contributed by atoms with van der Waals surface area (Å²) >= 11 is 0. The molecule has 5 heteroatoms. The van der Waals surface area contributed by atoms with Crippen LogP contribution in [0.3, 0.4) is 0 Å². The molecular weight excluding hydrogens is 218 g/mol. The van der Waals surface area contributed by atoms with E-state index in [9.17, 15) is 4.79 Å². The third-order valence-electron chi connectivity index (χ3n) is 2.05. The van der Waals surface area contributed by atoms with Gasteiger partial charge in [-0.1, -0.05) is 0 Å². The van der Waals surface area contributed by atoms with Gasteiger partial charge < -0.3 is 15.8 Å². The molecule has 0 radical (unpaired) electrons. The highest BCUT2D eigenvalue weighted by Gasteiger charge is 1.95. The van der Waals surface area contributed by atoms with E-state index in [4.69, 9.17) is 15.7 Å². The van der Waals surface area contributed by atoms with Crippen molar-refractivity contribution in [2.75, 3.05) is 19.7 Å². The van der Waals surface area contributed by atoms with Crippen molar-refractivity contribution in [1.82, 2.24) is 5.32 Å². The molecule has 0 aliphatic carbocycles. The first-order valence-corrected chi connectivity index (χ1v) is 5.34. The molecule has 1 amide bonds. The van der Waals surface area contributed by atoms with Crippen LogP contribution < -0.4 is 15.8 Å². The number of hydrogen-bond donors (Lipinski definition) is 2. The Morgan fingerprint density at radius 1 is 1.41 bits per heavy atom. The van der Waals surface area contributed by atoms with Gasteiger partial charge in [0, 0.05) is 0 Å². The zero-order valence-electron chi connectivity index (χ0n) is 9.48. The Morgan fingerprint density at radius 3 is 2.71 bits per heavy atom. The maximum Gasteiger partial charge on any atom is 0.231 e. The van der Waals surface area contributed by atoms with Crippen LogP contribution in [0.15, 0.2) is 24.3 Å². The first-order chi connectivity index (χ1) is 8.22. The van der Waals surface area contributed by atoms with Crippen molar-refractivity contribution in [3.05, 3.63) is 29.8 Å². The zero-order valence-corrected chi connectivity index (χ0v) is 9.48. The van der Waals surface area contributed by atoms with E-state index < -0.39 is 0 Å². The number of carbonyl (C=O) groups excluding carboxylic acids is 1. The Balaban J connectivity index is 2.14. The van der Waals surface area contributed by atoms with Crippen molar-refractivity contribution in [2.24, 2.45) is 5.73 Å². The predicted molar refractivity (Wildman–Crippen MR) is 63.3 cm³/mol. The van der Waals surface area contributed by atoms with Gasteiger partial charge in [0.2, 0.25) is 5.91 Å². The number of primary amides is 1. The number of nitrogens with zero attached hydrogens (tertiary/aromatic N) is 1. The largest absolute Gasteiger partial charge is 0.494 e. The van der Waals surface area contributed by atoms with E-state index in [1.54, 1.807) is 24.3 Å². The molecule has 0 fully saturated rings. The number of ether oxygens (including phenoxy) is 1. The first kappa shape index (κ1) is 13.0. The molecule has 0 aromatic heterocycles. The quantitative estimate of drug-likeness (QED) is 0.667. The van der Waals surface area contributed by atoms with Gasteiger partial charge >= 0.3 is 0 Å². The summed E-state index contributed by atoms with van der Waals surface area (Å²) in [6, 6.07) is 8.98. The van der Waals surface area contributed by atoms with Crippen molar-refractivity contribution < 1.29 is 9.53 Å². The van der Waals surface area contributed by atoms with Crippen molar-refractivity contribution in [2.45, 2.75) is 6.42 Å². The topological polar surface area (TPSA) is 88.1 Å². The number of nitrogens with one attached hydrogen (secondary N) is 1. The standard InChI is InChI=1S/C12H15N3O2/c13-8-10-2-4-11(5-3-10)17-7-1-6-15-9-12(14)16/h2-5,15H,1,6-7,9H2,(H2,14,16). The van der Waals surface area contributed by atoms with Crippen molar-refractivity contribution in [1.29, 1.82) is 5.26 Å². The Morgan fingerprint density at radius 2 is 2.12 bits per heavy atom. The zero-order chi connectivity index (χ0) is 12.5. The lowest BCUT2D eigenvalue weighted by molar-refractivity contribution is -0.117. The minimum atomic E-state index is -0.363. The van der Waals surface area contributed by atoms with E-state index in [0.717, 1.165) is 12.2 Å². The molecule has 0 saturated carbocycles. The number of rotatable bonds is 7. The molecule has 5 nitrogen and oxygen atoms in total. The number of hydrogen-bond acceptors (Lipinski definition) is 4. The summed E-state index contributed by atoms with van der Waals surface area (Å²) < 4.78 is 5.45. The van der Waals surface area contributed by atoms with E-state index in [-0.39, 0.29) is 12.5 Å². The first-order valence-electron chi connectivity index (χ1n) is 5.34. The van der Waals surface area contributed by atoms with Gasteiger partial charge in [-0.05, 0) is 37.2 Å². The van der Waals surface area contributed by atoms with Crippen LogP contribution in [0, 0.1) is 11.3 Å². The monoisotopic (exact) mass is 233 g/mol. The summed E-state index contributed by atoms with van der Waals surface area (Å²) in [6.45, 7) is 1.42. The molecule has 1 rings (SSSR count). The SMILES string of the molecule is N#Cc1ccc(OCCCNCC(N)=O)cc1. The van der Waals surface area contributed by atoms with Crippen LogP contribution in [0.4, 0.5) is 0 Å². The summed E-state index contributed by atoms with van der Waals surface area (Å²) in [7, 11) is 0.